The Morgan fingerprint density at radius 2 is 2.00 bits per heavy atom. The number of nitrogens with zero attached hydrogens (tertiary/aromatic N) is 1. The first-order valence-corrected chi connectivity index (χ1v) is 6.60. The highest BCUT2D eigenvalue weighted by Crippen LogP contribution is 2.33. The molecule has 0 spiro atoms. The number of anilines is 1. The van der Waals surface area contributed by atoms with Crippen molar-refractivity contribution in [3.63, 3.8) is 0 Å². The van der Waals surface area contributed by atoms with Crippen molar-refractivity contribution in [1.82, 2.24) is 5.32 Å². The van der Waals surface area contributed by atoms with Crippen LogP contribution >= 0.6 is 34.8 Å². The fourth-order valence-corrected chi connectivity index (χ4v) is 1.80. The molecule has 0 aliphatic heterocycles. The molecule has 0 saturated carbocycles. The second-order valence-electron chi connectivity index (χ2n) is 4.10. The quantitative estimate of drug-likeness (QED) is 0.382. The zero-order chi connectivity index (χ0) is 15.5. The maximum Gasteiger partial charge on any atom is 0.292 e. The van der Waals surface area contributed by atoms with Gasteiger partial charge < -0.3 is 10.6 Å². The van der Waals surface area contributed by atoms with Crippen molar-refractivity contribution < 1.29 is 9.72 Å². The Bertz CT molecular complexity index is 531. The van der Waals surface area contributed by atoms with Crippen LogP contribution in [0.4, 0.5) is 11.4 Å². The van der Waals surface area contributed by atoms with Crippen LogP contribution in [0.3, 0.4) is 0 Å². The van der Waals surface area contributed by atoms with Crippen LogP contribution in [0.25, 0.3) is 0 Å². The predicted molar refractivity (Wildman–Crippen MR) is 79.4 cm³/mol. The number of nitrogens with one attached hydrogen (secondary N) is 2. The predicted octanol–water partition coefficient (Wildman–Crippen LogP) is 3.15. The SMILES string of the molecule is CC(=O)N[C@H](Nc1ccc(C)cc1[N+](=O)[O-])C(Cl)(Cl)Cl. The average Bonchev–Trinajstić information content (AvgIpc) is 2.28. The van der Waals surface area contributed by atoms with Crippen molar-refractivity contribution in [2.24, 2.45) is 0 Å². The van der Waals surface area contributed by atoms with Gasteiger partial charge in [0.25, 0.3) is 5.69 Å². The zero-order valence-corrected chi connectivity index (χ0v) is 12.9. The number of alkyl halides is 3. The van der Waals surface area contributed by atoms with Crippen molar-refractivity contribution in [3.05, 3.63) is 33.9 Å². The molecule has 0 heterocycles. The lowest BCUT2D eigenvalue weighted by molar-refractivity contribution is -0.384. The highest BCUT2D eigenvalue weighted by atomic mass is 35.6. The van der Waals surface area contributed by atoms with E-state index in [0.717, 1.165) is 0 Å². The molecule has 9 heteroatoms. The number of hydrogen-bond donors (Lipinski definition) is 2. The minimum Gasteiger partial charge on any atom is -0.356 e. The van der Waals surface area contributed by atoms with Crippen LogP contribution in [0, 0.1) is 17.0 Å². The topological polar surface area (TPSA) is 84.3 Å². The van der Waals surface area contributed by atoms with Gasteiger partial charge in [0.2, 0.25) is 9.70 Å². The van der Waals surface area contributed by atoms with Crippen LogP contribution in [0.15, 0.2) is 18.2 Å². The summed E-state index contributed by atoms with van der Waals surface area (Å²) >= 11 is 17.2. The third-order valence-corrected chi connectivity index (χ3v) is 2.98. The number of rotatable bonds is 4. The summed E-state index contributed by atoms with van der Waals surface area (Å²) in [6.45, 7) is 2.96. The number of nitro benzene ring substituents is 1. The molecule has 0 aliphatic rings. The van der Waals surface area contributed by atoms with Gasteiger partial charge in [-0.2, -0.15) is 0 Å². The lowest BCUT2D eigenvalue weighted by Crippen LogP contribution is -2.48. The molecule has 1 aromatic carbocycles. The van der Waals surface area contributed by atoms with Crippen LogP contribution in [0.5, 0.6) is 0 Å². The number of carbonyl (C=O) groups is 1. The van der Waals surface area contributed by atoms with Gasteiger partial charge in [-0.25, -0.2) is 0 Å². The summed E-state index contributed by atoms with van der Waals surface area (Å²) < 4.78 is -1.87. The Kier molecular flexibility index (Phi) is 5.44. The number of hydrogen-bond acceptors (Lipinski definition) is 4. The van der Waals surface area contributed by atoms with Crippen molar-refractivity contribution in [1.29, 1.82) is 0 Å². The molecular formula is C11H12Cl3N3O3. The van der Waals surface area contributed by atoms with Crippen molar-refractivity contribution in [3.8, 4) is 0 Å². The maximum absolute atomic E-state index is 11.1. The summed E-state index contributed by atoms with van der Waals surface area (Å²) in [5.41, 5.74) is 0.687. The Labute approximate surface area is 130 Å². The largest absolute Gasteiger partial charge is 0.356 e. The smallest absolute Gasteiger partial charge is 0.292 e. The lowest BCUT2D eigenvalue weighted by Gasteiger charge is -2.26. The van der Waals surface area contributed by atoms with E-state index in [-0.39, 0.29) is 11.4 Å². The molecule has 0 unspecified atom stereocenters. The molecule has 0 radical (unpaired) electrons. The Morgan fingerprint density at radius 1 is 1.40 bits per heavy atom. The third kappa shape index (κ3) is 4.70. The molecule has 1 amide bonds. The fourth-order valence-electron chi connectivity index (χ4n) is 1.47. The molecular weight excluding hydrogens is 328 g/mol. The van der Waals surface area contributed by atoms with E-state index in [0.29, 0.717) is 5.56 Å². The van der Waals surface area contributed by atoms with E-state index in [2.05, 4.69) is 10.6 Å². The highest BCUT2D eigenvalue weighted by molar-refractivity contribution is 6.68. The molecule has 1 rings (SSSR count). The first-order chi connectivity index (χ1) is 9.11. The second kappa shape index (κ2) is 6.47. The minimum atomic E-state index is -1.87. The molecule has 1 atom stereocenters. The van der Waals surface area contributed by atoms with E-state index >= 15 is 0 Å². The van der Waals surface area contributed by atoms with Gasteiger partial charge in [-0.1, -0.05) is 40.9 Å². The van der Waals surface area contributed by atoms with Gasteiger partial charge in [0.05, 0.1) is 4.92 Å². The number of benzene rings is 1. The normalized spacial score (nSPS) is 12.7. The first-order valence-electron chi connectivity index (χ1n) is 5.46. The molecule has 1 aromatic rings. The summed E-state index contributed by atoms with van der Waals surface area (Å²) in [6, 6.07) is 4.53. The summed E-state index contributed by atoms with van der Waals surface area (Å²) in [4.78, 5) is 21.6. The third-order valence-electron chi connectivity index (χ3n) is 2.32. The monoisotopic (exact) mass is 339 g/mol. The number of carbonyl (C=O) groups excluding carboxylic acids is 1. The van der Waals surface area contributed by atoms with Crippen molar-refractivity contribution >= 4 is 52.1 Å². The van der Waals surface area contributed by atoms with Gasteiger partial charge in [-0.05, 0) is 18.6 Å². The van der Waals surface area contributed by atoms with Gasteiger partial charge in [0.15, 0.2) is 0 Å². The summed E-state index contributed by atoms with van der Waals surface area (Å²) in [6.07, 6.45) is -1.11. The van der Waals surface area contributed by atoms with E-state index in [9.17, 15) is 14.9 Å². The molecule has 6 nitrogen and oxygen atoms in total. The average molecular weight is 341 g/mol. The van der Waals surface area contributed by atoms with Gasteiger partial charge in [-0.3, -0.25) is 14.9 Å². The molecule has 110 valence electrons. The highest BCUT2D eigenvalue weighted by Gasteiger charge is 2.34. The zero-order valence-electron chi connectivity index (χ0n) is 10.6. The van der Waals surface area contributed by atoms with Crippen molar-refractivity contribution in [2.75, 3.05) is 5.32 Å². The summed E-state index contributed by atoms with van der Waals surface area (Å²) in [7, 11) is 0. The van der Waals surface area contributed by atoms with Gasteiger partial charge >= 0.3 is 0 Å². The molecule has 0 aliphatic carbocycles. The van der Waals surface area contributed by atoms with Crippen LogP contribution < -0.4 is 10.6 Å². The van der Waals surface area contributed by atoms with Crippen LogP contribution in [0.2, 0.25) is 0 Å². The van der Waals surface area contributed by atoms with Crippen LogP contribution in [0.1, 0.15) is 12.5 Å². The fraction of sp³-hybridized carbons (Fsp3) is 0.364. The Hall–Kier alpha value is -1.24. The molecule has 0 aromatic heterocycles. The number of aryl methyl sites for hydroxylation is 1. The summed E-state index contributed by atoms with van der Waals surface area (Å²) in [5, 5.41) is 16.0. The Morgan fingerprint density at radius 3 is 2.45 bits per heavy atom. The van der Waals surface area contributed by atoms with E-state index in [1.165, 1.54) is 19.1 Å². The van der Waals surface area contributed by atoms with Crippen LogP contribution in [-0.2, 0) is 4.79 Å². The van der Waals surface area contributed by atoms with Crippen molar-refractivity contribution in [2.45, 2.75) is 23.8 Å². The minimum absolute atomic E-state index is 0.144. The lowest BCUT2D eigenvalue weighted by atomic mass is 10.2. The van der Waals surface area contributed by atoms with E-state index < -0.39 is 20.8 Å². The Balaban J connectivity index is 3.11. The number of amides is 1. The molecule has 0 bridgehead atoms. The standard InChI is InChI=1S/C11H12Cl3N3O3/c1-6-3-4-8(9(5-6)17(19)20)16-10(11(12,13)14)15-7(2)18/h3-5,10,16H,1-2H3,(H,15,18)/t10-/m1/s1. The molecule has 0 saturated heterocycles. The van der Waals surface area contributed by atoms with E-state index in [1.807, 2.05) is 0 Å². The summed E-state index contributed by atoms with van der Waals surface area (Å²) in [5.74, 6) is -0.441. The van der Waals surface area contributed by atoms with Gasteiger partial charge in [0, 0.05) is 13.0 Å². The van der Waals surface area contributed by atoms with Gasteiger partial charge in [0.1, 0.15) is 11.9 Å². The van der Waals surface area contributed by atoms with E-state index in [1.54, 1.807) is 13.0 Å². The number of halogens is 3. The van der Waals surface area contributed by atoms with Crippen LogP contribution in [-0.4, -0.2) is 20.8 Å². The maximum atomic E-state index is 11.1. The van der Waals surface area contributed by atoms with Gasteiger partial charge in [-0.15, -0.1) is 0 Å². The van der Waals surface area contributed by atoms with E-state index in [4.69, 9.17) is 34.8 Å². The molecule has 2 N–H and O–H groups in total. The molecule has 0 fully saturated rings. The number of nitro groups is 1. The second-order valence-corrected chi connectivity index (χ2v) is 6.47. The molecule has 20 heavy (non-hydrogen) atoms. The first kappa shape index (κ1) is 16.8.